The van der Waals surface area contributed by atoms with Gasteiger partial charge in [0.15, 0.2) is 12.0 Å². The molecule has 0 aliphatic heterocycles. The molecular formula is C13H6Cl2F3N3O. The molecule has 0 bridgehead atoms. The summed E-state index contributed by atoms with van der Waals surface area (Å²) in [5, 5.41) is 11.6. The summed E-state index contributed by atoms with van der Waals surface area (Å²) in [5.74, 6) is 0.115. The number of hydrogen-bond donors (Lipinski definition) is 0. The number of aromatic nitrogens is 3. The Balaban J connectivity index is 2.18. The van der Waals surface area contributed by atoms with E-state index in [0.29, 0.717) is 21.8 Å². The molecule has 0 spiro atoms. The van der Waals surface area contributed by atoms with Crippen LogP contribution >= 0.6 is 23.2 Å². The van der Waals surface area contributed by atoms with Crippen molar-refractivity contribution in [2.24, 2.45) is 0 Å². The van der Waals surface area contributed by atoms with Gasteiger partial charge in [-0.25, -0.2) is 4.98 Å². The average Bonchev–Trinajstić information content (AvgIpc) is 2.86. The number of pyridine rings is 2. The second kappa shape index (κ2) is 5.03. The highest BCUT2D eigenvalue weighted by Gasteiger charge is 2.31. The third kappa shape index (κ3) is 2.36. The number of fused-ring (bicyclic) bond motifs is 1. The third-order valence-corrected chi connectivity index (χ3v) is 3.73. The molecule has 9 heteroatoms. The minimum absolute atomic E-state index is 0.0423. The quantitative estimate of drug-likeness (QED) is 0.379. The first-order chi connectivity index (χ1) is 10.3. The van der Waals surface area contributed by atoms with Crippen molar-refractivity contribution >= 4 is 34.1 Å². The van der Waals surface area contributed by atoms with Crippen LogP contribution in [-0.4, -0.2) is 9.55 Å². The molecule has 0 radical (unpaired) electrons. The van der Waals surface area contributed by atoms with Crippen LogP contribution in [0.5, 0.6) is 0 Å². The van der Waals surface area contributed by atoms with Crippen molar-refractivity contribution in [3.8, 4) is 5.82 Å². The lowest BCUT2D eigenvalue weighted by molar-refractivity contribution is -0.601. The molecular weight excluding hydrogens is 342 g/mol. The van der Waals surface area contributed by atoms with Gasteiger partial charge in [0, 0.05) is 18.5 Å². The van der Waals surface area contributed by atoms with Gasteiger partial charge in [0.1, 0.15) is 0 Å². The largest absolute Gasteiger partial charge is 0.618 e. The highest BCUT2D eigenvalue weighted by molar-refractivity contribution is 6.33. The van der Waals surface area contributed by atoms with Gasteiger partial charge in [0.25, 0.3) is 5.15 Å². The molecule has 0 saturated carbocycles. The molecule has 3 aromatic heterocycles. The summed E-state index contributed by atoms with van der Waals surface area (Å²) in [6, 6.07) is 3.83. The highest BCUT2D eigenvalue weighted by Crippen LogP contribution is 2.33. The first kappa shape index (κ1) is 14.9. The number of halogens is 5. The van der Waals surface area contributed by atoms with E-state index in [1.54, 1.807) is 6.07 Å². The number of rotatable bonds is 1. The van der Waals surface area contributed by atoms with E-state index < -0.39 is 11.7 Å². The molecule has 0 N–H and O–H groups in total. The molecule has 0 aliphatic carbocycles. The SMILES string of the molecule is [O-][n+]1ccc2c(ccn2-c2ncc(C(F)(F)F)cc2Cl)c1Cl. The summed E-state index contributed by atoms with van der Waals surface area (Å²) in [4.78, 5) is 3.77. The van der Waals surface area contributed by atoms with Crippen LogP contribution in [-0.2, 0) is 6.18 Å². The summed E-state index contributed by atoms with van der Waals surface area (Å²) >= 11 is 11.8. The lowest BCUT2D eigenvalue weighted by Crippen LogP contribution is -2.26. The van der Waals surface area contributed by atoms with Crippen LogP contribution < -0.4 is 4.73 Å². The van der Waals surface area contributed by atoms with Crippen molar-refractivity contribution in [3.05, 3.63) is 57.7 Å². The molecule has 22 heavy (non-hydrogen) atoms. The Hall–Kier alpha value is -1.99. The van der Waals surface area contributed by atoms with E-state index in [4.69, 9.17) is 23.2 Å². The lowest BCUT2D eigenvalue weighted by atomic mass is 10.2. The van der Waals surface area contributed by atoms with Crippen LogP contribution in [0.3, 0.4) is 0 Å². The van der Waals surface area contributed by atoms with E-state index in [0.717, 1.165) is 6.07 Å². The van der Waals surface area contributed by atoms with Crippen molar-refractivity contribution < 1.29 is 17.9 Å². The van der Waals surface area contributed by atoms with Gasteiger partial charge >= 0.3 is 6.18 Å². The predicted octanol–water partition coefficient (Wildman–Crippen LogP) is 3.98. The minimum Gasteiger partial charge on any atom is -0.618 e. The minimum atomic E-state index is -4.52. The zero-order valence-electron chi connectivity index (χ0n) is 10.6. The van der Waals surface area contributed by atoms with Crippen LogP contribution in [0.15, 0.2) is 36.8 Å². The molecule has 0 amide bonds. The molecule has 0 aromatic carbocycles. The summed E-state index contributed by atoms with van der Waals surface area (Å²) < 4.78 is 39.8. The molecule has 0 aliphatic rings. The van der Waals surface area contributed by atoms with Gasteiger partial charge in [-0.3, -0.25) is 4.57 Å². The first-order valence-corrected chi connectivity index (χ1v) is 6.66. The van der Waals surface area contributed by atoms with Crippen molar-refractivity contribution in [3.63, 3.8) is 0 Å². The number of hydrogen-bond acceptors (Lipinski definition) is 2. The maximum atomic E-state index is 12.6. The topological polar surface area (TPSA) is 44.8 Å². The second-order valence-corrected chi connectivity index (χ2v) is 5.21. The van der Waals surface area contributed by atoms with Gasteiger partial charge in [-0.1, -0.05) is 11.6 Å². The van der Waals surface area contributed by atoms with Crippen molar-refractivity contribution in [2.75, 3.05) is 0 Å². The van der Waals surface area contributed by atoms with Gasteiger partial charge in [0.05, 0.1) is 21.5 Å². The highest BCUT2D eigenvalue weighted by atomic mass is 35.5. The zero-order valence-corrected chi connectivity index (χ0v) is 12.1. The molecule has 3 aromatic rings. The summed E-state index contributed by atoms with van der Waals surface area (Å²) in [6.45, 7) is 0. The fourth-order valence-electron chi connectivity index (χ4n) is 2.06. The summed E-state index contributed by atoms with van der Waals surface area (Å²) in [7, 11) is 0. The smallest absolute Gasteiger partial charge is 0.417 e. The maximum absolute atomic E-state index is 12.6. The van der Waals surface area contributed by atoms with Crippen LogP contribution in [0.25, 0.3) is 16.7 Å². The van der Waals surface area contributed by atoms with Gasteiger partial charge in [-0.15, -0.1) is 0 Å². The van der Waals surface area contributed by atoms with Crippen molar-refractivity contribution in [1.29, 1.82) is 0 Å². The van der Waals surface area contributed by atoms with Gasteiger partial charge in [0.2, 0.25) is 0 Å². The predicted molar refractivity (Wildman–Crippen MR) is 75.1 cm³/mol. The average molecular weight is 348 g/mol. The van der Waals surface area contributed by atoms with Gasteiger partial charge in [-0.05, 0) is 23.7 Å². The molecule has 0 unspecified atom stereocenters. The molecule has 0 fully saturated rings. The maximum Gasteiger partial charge on any atom is 0.417 e. The van der Waals surface area contributed by atoms with Crippen LogP contribution in [0.2, 0.25) is 10.2 Å². The molecule has 3 rings (SSSR count). The van der Waals surface area contributed by atoms with E-state index in [9.17, 15) is 18.4 Å². The van der Waals surface area contributed by atoms with Crippen LogP contribution in [0.1, 0.15) is 5.56 Å². The number of alkyl halides is 3. The molecule has 4 nitrogen and oxygen atoms in total. The second-order valence-electron chi connectivity index (χ2n) is 4.44. The Morgan fingerprint density at radius 1 is 1.23 bits per heavy atom. The zero-order chi connectivity index (χ0) is 16.1. The van der Waals surface area contributed by atoms with Crippen LogP contribution in [0.4, 0.5) is 13.2 Å². The Morgan fingerprint density at radius 2 is 1.95 bits per heavy atom. The molecule has 114 valence electrons. The van der Waals surface area contributed by atoms with E-state index in [1.807, 2.05) is 0 Å². The normalized spacial score (nSPS) is 12.0. The van der Waals surface area contributed by atoms with Crippen molar-refractivity contribution in [1.82, 2.24) is 9.55 Å². The van der Waals surface area contributed by atoms with Crippen LogP contribution in [0, 0.1) is 5.21 Å². The lowest BCUT2D eigenvalue weighted by Gasteiger charge is -2.10. The Labute approximate surface area is 131 Å². The first-order valence-electron chi connectivity index (χ1n) is 5.91. The fraction of sp³-hybridized carbons (Fsp3) is 0.0769. The summed E-state index contributed by atoms with van der Waals surface area (Å²) in [6.07, 6.45) is -1.10. The number of nitrogens with zero attached hydrogens (tertiary/aromatic N) is 3. The van der Waals surface area contributed by atoms with E-state index in [1.165, 1.54) is 23.0 Å². The van der Waals surface area contributed by atoms with E-state index in [-0.39, 0.29) is 16.0 Å². The fourth-order valence-corrected chi connectivity index (χ4v) is 2.53. The summed E-state index contributed by atoms with van der Waals surface area (Å²) in [5.41, 5.74) is -0.431. The Bertz CT molecular complexity index is 877. The molecule has 0 atom stereocenters. The monoisotopic (exact) mass is 347 g/mol. The van der Waals surface area contributed by atoms with E-state index >= 15 is 0 Å². The van der Waals surface area contributed by atoms with E-state index in [2.05, 4.69) is 4.98 Å². The van der Waals surface area contributed by atoms with Gasteiger partial charge in [-0.2, -0.15) is 17.9 Å². The van der Waals surface area contributed by atoms with Gasteiger partial charge < -0.3 is 5.21 Å². The third-order valence-electron chi connectivity index (χ3n) is 3.09. The molecule has 3 heterocycles. The Morgan fingerprint density at radius 3 is 2.59 bits per heavy atom. The molecule has 0 saturated heterocycles. The standard InChI is InChI=1S/C13H6Cl2F3N3O/c14-9-5-7(13(16,17)18)6-19-12(9)20-3-1-8-10(20)2-4-21(22)11(8)15/h1-6H. The van der Waals surface area contributed by atoms with Crippen molar-refractivity contribution in [2.45, 2.75) is 6.18 Å². The Kier molecular flexibility index (Phi) is 3.41.